The first-order chi connectivity index (χ1) is 28.2. The Bertz CT molecular complexity index is 3510. The quantitative estimate of drug-likeness (QED) is 0.176. The standard InChI is InChI=1S/C51H30N4O2/c1-3-12-31(13-4-1)32-22-24-34(25-23-32)49-52-50(35-26-27-40-45(30-35)56-44-21-11-18-36(46(40)44)33-14-5-2-6-15-33)54-51(53-49)55-41-19-9-7-17-39(41)47-42(55)29-28-38-37-16-8-10-20-43(37)57-48(38)47/h1-30H. The number of benzene rings is 8. The van der Waals surface area contributed by atoms with Crippen LogP contribution in [0.5, 0.6) is 0 Å². The van der Waals surface area contributed by atoms with Gasteiger partial charge in [-0.3, -0.25) is 4.57 Å². The van der Waals surface area contributed by atoms with Crippen LogP contribution in [0.4, 0.5) is 0 Å². The Hall–Kier alpha value is -7.83. The van der Waals surface area contributed by atoms with E-state index in [-0.39, 0.29) is 0 Å². The Morgan fingerprint density at radius 1 is 0.351 bits per heavy atom. The van der Waals surface area contributed by atoms with E-state index in [1.807, 2.05) is 36.4 Å². The molecule has 0 spiro atoms. The van der Waals surface area contributed by atoms with E-state index < -0.39 is 0 Å². The molecule has 57 heavy (non-hydrogen) atoms. The van der Waals surface area contributed by atoms with Gasteiger partial charge in [-0.05, 0) is 64.7 Å². The predicted octanol–water partition coefficient (Wildman–Crippen LogP) is 13.4. The van der Waals surface area contributed by atoms with Crippen LogP contribution in [0, 0.1) is 0 Å². The van der Waals surface area contributed by atoms with Crippen LogP contribution in [0.3, 0.4) is 0 Å². The molecule has 0 N–H and O–H groups in total. The normalized spacial score (nSPS) is 11.9. The Kier molecular flexibility index (Phi) is 6.83. The van der Waals surface area contributed by atoms with Gasteiger partial charge in [0, 0.05) is 38.1 Å². The smallest absolute Gasteiger partial charge is 0.238 e. The zero-order valence-electron chi connectivity index (χ0n) is 30.4. The minimum Gasteiger partial charge on any atom is -0.456 e. The van der Waals surface area contributed by atoms with Gasteiger partial charge in [-0.25, -0.2) is 4.98 Å². The van der Waals surface area contributed by atoms with Crippen LogP contribution < -0.4 is 0 Å². The molecule has 6 nitrogen and oxygen atoms in total. The summed E-state index contributed by atoms with van der Waals surface area (Å²) in [6.45, 7) is 0. The molecule has 12 rings (SSSR count). The molecule has 8 aromatic carbocycles. The summed E-state index contributed by atoms with van der Waals surface area (Å²) in [6, 6.07) is 62.6. The zero-order valence-corrected chi connectivity index (χ0v) is 30.4. The van der Waals surface area contributed by atoms with Gasteiger partial charge in [-0.15, -0.1) is 0 Å². The molecule has 4 heterocycles. The first-order valence-electron chi connectivity index (χ1n) is 19.0. The van der Waals surface area contributed by atoms with Crippen molar-refractivity contribution in [3.63, 3.8) is 0 Å². The van der Waals surface area contributed by atoms with Gasteiger partial charge < -0.3 is 8.83 Å². The van der Waals surface area contributed by atoms with Gasteiger partial charge in [-0.1, -0.05) is 140 Å². The number of aromatic nitrogens is 4. The molecule has 6 heteroatoms. The molecule has 0 unspecified atom stereocenters. The topological polar surface area (TPSA) is 69.9 Å². The summed E-state index contributed by atoms with van der Waals surface area (Å²) in [7, 11) is 0. The number of fused-ring (bicyclic) bond motifs is 10. The highest BCUT2D eigenvalue weighted by Gasteiger charge is 2.22. The zero-order chi connectivity index (χ0) is 37.5. The van der Waals surface area contributed by atoms with Crippen LogP contribution in [0.15, 0.2) is 191 Å². The Balaban J connectivity index is 1.09. The molecule has 0 fully saturated rings. The van der Waals surface area contributed by atoms with Crippen molar-refractivity contribution in [3.05, 3.63) is 182 Å². The van der Waals surface area contributed by atoms with Gasteiger partial charge in [0.25, 0.3) is 0 Å². The van der Waals surface area contributed by atoms with Crippen LogP contribution in [0.1, 0.15) is 0 Å². The lowest BCUT2D eigenvalue weighted by molar-refractivity contribution is 0.669. The molecular weight excluding hydrogens is 701 g/mol. The highest BCUT2D eigenvalue weighted by atomic mass is 16.3. The summed E-state index contributed by atoms with van der Waals surface area (Å²) in [5.74, 6) is 1.63. The van der Waals surface area contributed by atoms with Gasteiger partial charge in [0.05, 0.1) is 16.4 Å². The second-order valence-electron chi connectivity index (χ2n) is 14.4. The minimum atomic E-state index is 0.514. The largest absolute Gasteiger partial charge is 0.456 e. The molecule has 0 aliphatic rings. The van der Waals surface area contributed by atoms with Crippen molar-refractivity contribution in [1.29, 1.82) is 0 Å². The molecule has 0 aliphatic heterocycles. The monoisotopic (exact) mass is 730 g/mol. The van der Waals surface area contributed by atoms with Crippen LogP contribution in [-0.4, -0.2) is 19.5 Å². The van der Waals surface area contributed by atoms with E-state index in [0.29, 0.717) is 17.6 Å². The number of rotatable bonds is 5. The third-order valence-corrected chi connectivity index (χ3v) is 11.1. The fraction of sp³-hybridized carbons (Fsp3) is 0. The molecule has 0 aliphatic carbocycles. The average Bonchev–Trinajstić information content (AvgIpc) is 3.96. The summed E-state index contributed by atoms with van der Waals surface area (Å²) in [4.78, 5) is 15.6. The third kappa shape index (κ3) is 4.94. The summed E-state index contributed by atoms with van der Waals surface area (Å²) in [5.41, 5.74) is 11.5. The van der Waals surface area contributed by atoms with Crippen molar-refractivity contribution < 1.29 is 8.83 Å². The first-order valence-corrected chi connectivity index (χ1v) is 19.0. The van der Waals surface area contributed by atoms with E-state index in [0.717, 1.165) is 99.1 Å². The molecule has 266 valence electrons. The van der Waals surface area contributed by atoms with E-state index in [9.17, 15) is 0 Å². The number of nitrogens with zero attached hydrogens (tertiary/aromatic N) is 4. The number of hydrogen-bond donors (Lipinski definition) is 0. The van der Waals surface area contributed by atoms with E-state index in [1.165, 1.54) is 0 Å². The lowest BCUT2D eigenvalue weighted by Crippen LogP contribution is -2.06. The molecule has 0 saturated heterocycles. The molecule has 0 amide bonds. The molecule has 0 saturated carbocycles. The van der Waals surface area contributed by atoms with Crippen molar-refractivity contribution in [2.24, 2.45) is 0 Å². The summed E-state index contributed by atoms with van der Waals surface area (Å²) in [5, 5.41) is 6.37. The fourth-order valence-electron chi connectivity index (χ4n) is 8.44. The lowest BCUT2D eigenvalue weighted by Gasteiger charge is -2.11. The van der Waals surface area contributed by atoms with Crippen molar-refractivity contribution in [1.82, 2.24) is 19.5 Å². The Labute approximate surface area is 325 Å². The van der Waals surface area contributed by atoms with Crippen molar-refractivity contribution in [3.8, 4) is 51.0 Å². The van der Waals surface area contributed by atoms with E-state index >= 15 is 0 Å². The van der Waals surface area contributed by atoms with Crippen LogP contribution >= 0.6 is 0 Å². The molecule has 0 bridgehead atoms. The van der Waals surface area contributed by atoms with Gasteiger partial charge in [0.1, 0.15) is 22.3 Å². The second-order valence-corrected chi connectivity index (χ2v) is 14.4. The summed E-state index contributed by atoms with van der Waals surface area (Å²) >= 11 is 0. The highest BCUT2D eigenvalue weighted by molar-refractivity contribution is 6.23. The number of furan rings is 2. The number of hydrogen-bond acceptors (Lipinski definition) is 5. The summed E-state index contributed by atoms with van der Waals surface area (Å²) in [6.07, 6.45) is 0. The third-order valence-electron chi connectivity index (χ3n) is 11.1. The van der Waals surface area contributed by atoms with E-state index in [4.69, 9.17) is 23.8 Å². The van der Waals surface area contributed by atoms with Crippen LogP contribution in [0.25, 0.3) is 117 Å². The van der Waals surface area contributed by atoms with Gasteiger partial charge in [0.15, 0.2) is 11.6 Å². The molecule has 0 atom stereocenters. The minimum absolute atomic E-state index is 0.514. The fourth-order valence-corrected chi connectivity index (χ4v) is 8.44. The highest BCUT2D eigenvalue weighted by Crippen LogP contribution is 2.41. The molecule has 12 aromatic rings. The SMILES string of the molecule is c1ccc(-c2ccc(-c3nc(-c4ccc5c(c4)oc4cccc(-c6ccccc6)c45)nc(-n4c5ccccc5c5c6oc7ccccc7c6ccc54)n3)cc2)cc1. The van der Waals surface area contributed by atoms with Crippen LogP contribution in [-0.2, 0) is 0 Å². The van der Waals surface area contributed by atoms with Crippen LogP contribution in [0.2, 0.25) is 0 Å². The van der Waals surface area contributed by atoms with E-state index in [1.54, 1.807) is 0 Å². The average molecular weight is 731 g/mol. The van der Waals surface area contributed by atoms with Crippen molar-refractivity contribution >= 4 is 65.7 Å². The van der Waals surface area contributed by atoms with E-state index in [2.05, 4.69) is 150 Å². The van der Waals surface area contributed by atoms with Gasteiger partial charge >= 0.3 is 0 Å². The van der Waals surface area contributed by atoms with Crippen molar-refractivity contribution in [2.45, 2.75) is 0 Å². The Morgan fingerprint density at radius 3 is 1.81 bits per heavy atom. The molecule has 0 radical (unpaired) electrons. The predicted molar refractivity (Wildman–Crippen MR) is 230 cm³/mol. The van der Waals surface area contributed by atoms with Gasteiger partial charge in [-0.2, -0.15) is 9.97 Å². The maximum atomic E-state index is 6.58. The molecule has 4 aromatic heterocycles. The first kappa shape index (κ1) is 31.5. The summed E-state index contributed by atoms with van der Waals surface area (Å²) < 4.78 is 15.3. The van der Waals surface area contributed by atoms with Crippen molar-refractivity contribution in [2.75, 3.05) is 0 Å². The van der Waals surface area contributed by atoms with Gasteiger partial charge in [0.2, 0.25) is 5.95 Å². The molecular formula is C51H30N4O2. The lowest BCUT2D eigenvalue weighted by atomic mass is 9.99. The Morgan fingerprint density at radius 2 is 0.982 bits per heavy atom. The second kappa shape index (κ2) is 12.3. The number of para-hydroxylation sites is 2. The maximum absolute atomic E-state index is 6.58. The maximum Gasteiger partial charge on any atom is 0.238 e.